The molecule has 0 unspecified atom stereocenters. The fraction of sp³-hybridized carbons (Fsp3) is 0.231. The lowest BCUT2D eigenvalue weighted by Gasteiger charge is -1.90. The predicted octanol–water partition coefficient (Wildman–Crippen LogP) is 3.54. The molecule has 1 aromatic rings. The van der Waals surface area contributed by atoms with Crippen molar-refractivity contribution in [2.45, 2.75) is 6.92 Å². The quantitative estimate of drug-likeness (QED) is 0.662. The maximum atomic E-state index is 4.88. The summed E-state index contributed by atoms with van der Waals surface area (Å²) < 4.78 is 4.88. The fourth-order valence-corrected chi connectivity index (χ4v) is 0.845. The third kappa shape index (κ3) is 7.32. The first-order valence-electron chi connectivity index (χ1n) is 4.62. The molecule has 1 nitrogen and oxygen atoms in total. The molecule has 1 rings (SSSR count). The Hall–Kier alpha value is -1.34. The Kier molecular flexibility index (Phi) is 8.81. The predicted molar refractivity (Wildman–Crippen MR) is 63.2 cm³/mol. The minimum absolute atomic E-state index is 0.675. The maximum absolute atomic E-state index is 4.88. The van der Waals surface area contributed by atoms with Crippen molar-refractivity contribution in [1.82, 2.24) is 0 Å². The summed E-state index contributed by atoms with van der Waals surface area (Å²) in [7, 11) is 1.69. The highest BCUT2D eigenvalue weighted by atomic mass is 16.5. The molecule has 0 aliphatic rings. The fourth-order valence-electron chi connectivity index (χ4n) is 0.845. The number of benzene rings is 1. The Morgan fingerprint density at radius 1 is 1.29 bits per heavy atom. The van der Waals surface area contributed by atoms with Crippen LogP contribution >= 0.6 is 0 Å². The van der Waals surface area contributed by atoms with Crippen molar-refractivity contribution in [3.8, 4) is 0 Å². The van der Waals surface area contributed by atoms with E-state index in [9.17, 15) is 0 Å². The Bertz CT molecular complexity index is 249. The number of rotatable bonds is 3. The molecule has 0 aliphatic heterocycles. The molecule has 1 heteroatoms. The molecule has 0 saturated heterocycles. The summed E-state index contributed by atoms with van der Waals surface area (Å²) in [5.41, 5.74) is 1.21. The van der Waals surface area contributed by atoms with Gasteiger partial charge in [0.2, 0.25) is 0 Å². The second kappa shape index (κ2) is 9.75. The summed E-state index contributed by atoms with van der Waals surface area (Å²) in [4.78, 5) is 0. The van der Waals surface area contributed by atoms with Crippen LogP contribution in [0.4, 0.5) is 0 Å². The molecule has 0 bridgehead atoms. The summed E-state index contributed by atoms with van der Waals surface area (Å²) in [5.74, 6) is 0. The molecule has 0 N–H and O–H groups in total. The smallest absolute Gasteiger partial charge is 0.0646 e. The van der Waals surface area contributed by atoms with Crippen LogP contribution in [0, 0.1) is 0 Å². The van der Waals surface area contributed by atoms with Crippen LogP contribution in [-0.2, 0) is 4.74 Å². The SMILES string of the molecule is C=CC.COC/C=C/c1ccccc1. The summed E-state index contributed by atoms with van der Waals surface area (Å²) in [6, 6.07) is 10.2. The van der Waals surface area contributed by atoms with Crippen LogP contribution in [0.25, 0.3) is 6.08 Å². The molecule has 1 aromatic carbocycles. The van der Waals surface area contributed by atoms with Crippen LogP contribution in [0.1, 0.15) is 12.5 Å². The molecule has 14 heavy (non-hydrogen) atoms. The van der Waals surface area contributed by atoms with E-state index in [1.54, 1.807) is 13.2 Å². The largest absolute Gasteiger partial charge is 0.381 e. The zero-order valence-electron chi connectivity index (χ0n) is 8.94. The molecule has 0 amide bonds. The van der Waals surface area contributed by atoms with Gasteiger partial charge in [-0.1, -0.05) is 48.6 Å². The van der Waals surface area contributed by atoms with Gasteiger partial charge in [0.05, 0.1) is 6.61 Å². The maximum Gasteiger partial charge on any atom is 0.0646 e. The van der Waals surface area contributed by atoms with Crippen molar-refractivity contribution in [2.24, 2.45) is 0 Å². The van der Waals surface area contributed by atoms with E-state index in [1.807, 2.05) is 37.3 Å². The van der Waals surface area contributed by atoms with Gasteiger partial charge in [-0.15, -0.1) is 6.58 Å². The van der Waals surface area contributed by atoms with Crippen molar-refractivity contribution < 1.29 is 4.74 Å². The summed E-state index contributed by atoms with van der Waals surface area (Å²) in [6.45, 7) is 5.93. The van der Waals surface area contributed by atoms with E-state index in [-0.39, 0.29) is 0 Å². The molecule has 76 valence electrons. The Morgan fingerprint density at radius 3 is 2.36 bits per heavy atom. The molecule has 0 heterocycles. The highest BCUT2D eigenvalue weighted by Crippen LogP contribution is 1.99. The highest BCUT2D eigenvalue weighted by Gasteiger charge is 1.80. The van der Waals surface area contributed by atoms with Gasteiger partial charge in [-0.3, -0.25) is 0 Å². The van der Waals surface area contributed by atoms with Crippen molar-refractivity contribution >= 4 is 6.08 Å². The van der Waals surface area contributed by atoms with Crippen LogP contribution in [0.2, 0.25) is 0 Å². The minimum atomic E-state index is 0.675. The lowest BCUT2D eigenvalue weighted by molar-refractivity contribution is 0.234. The first-order valence-corrected chi connectivity index (χ1v) is 4.62. The van der Waals surface area contributed by atoms with Crippen LogP contribution in [0.15, 0.2) is 49.1 Å². The summed E-state index contributed by atoms with van der Waals surface area (Å²) in [5, 5.41) is 0. The van der Waals surface area contributed by atoms with Gasteiger partial charge in [-0.25, -0.2) is 0 Å². The van der Waals surface area contributed by atoms with Gasteiger partial charge in [0, 0.05) is 7.11 Å². The molecule has 0 spiro atoms. The topological polar surface area (TPSA) is 9.23 Å². The molecular formula is C13H18O. The third-order valence-electron chi connectivity index (χ3n) is 1.37. The first-order chi connectivity index (χ1) is 6.85. The lowest BCUT2D eigenvalue weighted by Crippen LogP contribution is -1.79. The van der Waals surface area contributed by atoms with Gasteiger partial charge in [0.15, 0.2) is 0 Å². The van der Waals surface area contributed by atoms with Crippen LogP contribution in [0.3, 0.4) is 0 Å². The number of hydrogen-bond acceptors (Lipinski definition) is 1. The average molecular weight is 190 g/mol. The Labute approximate surface area is 86.7 Å². The molecule has 0 aliphatic carbocycles. The van der Waals surface area contributed by atoms with Gasteiger partial charge < -0.3 is 4.74 Å². The number of allylic oxidation sites excluding steroid dienone is 1. The van der Waals surface area contributed by atoms with Crippen LogP contribution in [0.5, 0.6) is 0 Å². The number of ether oxygens (including phenoxy) is 1. The molecule has 0 atom stereocenters. The van der Waals surface area contributed by atoms with Gasteiger partial charge in [0.25, 0.3) is 0 Å². The molecule has 0 radical (unpaired) electrons. The van der Waals surface area contributed by atoms with Crippen LogP contribution in [-0.4, -0.2) is 13.7 Å². The average Bonchev–Trinajstić information content (AvgIpc) is 2.21. The Balaban J connectivity index is 0.000000500. The van der Waals surface area contributed by atoms with Crippen molar-refractivity contribution in [2.75, 3.05) is 13.7 Å². The standard InChI is InChI=1S/C10H12O.C3H6/c1-11-9-5-8-10-6-3-2-4-7-10;1-3-2/h2-8H,9H2,1H3;3H,1H2,2H3/b8-5+;. The summed E-state index contributed by atoms with van der Waals surface area (Å²) in [6.07, 6.45) is 5.79. The normalized spacial score (nSPS) is 9.29. The van der Waals surface area contributed by atoms with E-state index in [0.717, 1.165) is 0 Å². The van der Waals surface area contributed by atoms with Crippen molar-refractivity contribution in [3.63, 3.8) is 0 Å². The second-order valence-corrected chi connectivity index (χ2v) is 2.68. The van der Waals surface area contributed by atoms with E-state index < -0.39 is 0 Å². The second-order valence-electron chi connectivity index (χ2n) is 2.68. The van der Waals surface area contributed by atoms with Gasteiger partial charge in [-0.2, -0.15) is 0 Å². The monoisotopic (exact) mass is 190 g/mol. The van der Waals surface area contributed by atoms with Crippen molar-refractivity contribution in [3.05, 3.63) is 54.6 Å². The third-order valence-corrected chi connectivity index (χ3v) is 1.37. The van der Waals surface area contributed by atoms with E-state index in [0.29, 0.717) is 6.61 Å². The zero-order valence-corrected chi connectivity index (χ0v) is 8.94. The minimum Gasteiger partial charge on any atom is -0.381 e. The molecular weight excluding hydrogens is 172 g/mol. The van der Waals surface area contributed by atoms with E-state index in [2.05, 4.69) is 18.7 Å². The highest BCUT2D eigenvalue weighted by molar-refractivity contribution is 5.48. The van der Waals surface area contributed by atoms with Gasteiger partial charge in [0.1, 0.15) is 0 Å². The van der Waals surface area contributed by atoms with Crippen molar-refractivity contribution in [1.29, 1.82) is 0 Å². The number of hydrogen-bond donors (Lipinski definition) is 0. The van der Waals surface area contributed by atoms with E-state index in [4.69, 9.17) is 4.74 Å². The van der Waals surface area contributed by atoms with E-state index >= 15 is 0 Å². The molecule has 0 saturated carbocycles. The Morgan fingerprint density at radius 2 is 1.86 bits per heavy atom. The first kappa shape index (κ1) is 12.7. The van der Waals surface area contributed by atoms with Crippen LogP contribution < -0.4 is 0 Å². The lowest BCUT2D eigenvalue weighted by atomic mass is 10.2. The van der Waals surface area contributed by atoms with Gasteiger partial charge in [-0.05, 0) is 12.5 Å². The molecule has 0 aromatic heterocycles. The van der Waals surface area contributed by atoms with Gasteiger partial charge >= 0.3 is 0 Å². The molecule has 0 fully saturated rings. The summed E-state index contributed by atoms with van der Waals surface area (Å²) >= 11 is 0. The number of methoxy groups -OCH3 is 1. The van der Waals surface area contributed by atoms with E-state index in [1.165, 1.54) is 5.56 Å². The zero-order chi connectivity index (χ0) is 10.6.